The molecule has 0 saturated carbocycles. The van der Waals surface area contributed by atoms with E-state index in [1.165, 1.54) is 4.90 Å². The number of aliphatic carboxylic acids is 1. The lowest BCUT2D eigenvalue weighted by molar-refractivity contribution is -0.137. The number of rotatable bonds is 11. The molecule has 4 rings (SSSR count). The van der Waals surface area contributed by atoms with Crippen molar-refractivity contribution in [3.05, 3.63) is 60.7 Å². The molecule has 2 bridgehead atoms. The van der Waals surface area contributed by atoms with E-state index in [1.807, 2.05) is 60.7 Å². The normalized spacial score (nSPS) is 22.6. The van der Waals surface area contributed by atoms with Crippen molar-refractivity contribution in [1.29, 1.82) is 0 Å². The number of hydrogen-bond donors (Lipinski definition) is 2. The van der Waals surface area contributed by atoms with Crippen LogP contribution in [0.5, 0.6) is 0 Å². The van der Waals surface area contributed by atoms with Gasteiger partial charge in [-0.05, 0) is 55.9 Å². The number of hydrogen-bond acceptors (Lipinski definition) is 4. The summed E-state index contributed by atoms with van der Waals surface area (Å²) in [6, 6.07) is 18.4. The maximum Gasteiger partial charge on any atom is 0.320 e. The van der Waals surface area contributed by atoms with Gasteiger partial charge in [0.15, 0.2) is 0 Å². The second kappa shape index (κ2) is 12.0. The number of ether oxygens (including phenoxy) is 1. The predicted octanol–water partition coefficient (Wildman–Crippen LogP) is 4.69. The first-order valence-electron chi connectivity index (χ1n) is 12.6. The number of carboxylic acids is 1. The molecule has 35 heavy (non-hydrogen) atoms. The summed E-state index contributed by atoms with van der Waals surface area (Å²) in [5.41, 5.74) is 1.28. The molecular weight excluding hydrogens is 444 g/mol. The SMILES string of the molecule is O=C(O)CCCCCC[C@@H]1[C@@H](CNC(=O)C(=O)N(c2ccccc2)c2ccccc2)[C@H]2CC[C@@H]1O2. The van der Waals surface area contributed by atoms with Crippen LogP contribution in [0.15, 0.2) is 60.7 Å². The Kier molecular flexibility index (Phi) is 8.53. The number of carboxylic acid groups (broad SMARTS) is 1. The van der Waals surface area contributed by atoms with E-state index in [-0.39, 0.29) is 24.5 Å². The standard InChI is InChI=1S/C28H34N2O5/c31-26(32)16-10-2-1-9-15-22-23(25-18-17-24(22)35-25)19-29-27(33)28(34)30(20-11-5-3-6-12-20)21-13-7-4-8-14-21/h3-8,11-14,22-25H,1-2,9-10,15-19H2,(H,29,33)(H,31,32)/t22-,23-,24+,25-/m1/s1. The van der Waals surface area contributed by atoms with Gasteiger partial charge in [0, 0.05) is 30.3 Å². The first-order valence-corrected chi connectivity index (χ1v) is 12.6. The fourth-order valence-electron chi connectivity index (χ4n) is 5.49. The van der Waals surface area contributed by atoms with Crippen molar-refractivity contribution in [2.75, 3.05) is 11.4 Å². The van der Waals surface area contributed by atoms with Gasteiger partial charge in [-0.2, -0.15) is 0 Å². The van der Waals surface area contributed by atoms with Crippen molar-refractivity contribution in [3.8, 4) is 0 Å². The summed E-state index contributed by atoms with van der Waals surface area (Å²) >= 11 is 0. The minimum atomic E-state index is -0.741. The van der Waals surface area contributed by atoms with Crippen LogP contribution in [0, 0.1) is 11.8 Å². The molecule has 2 N–H and O–H groups in total. The van der Waals surface area contributed by atoms with E-state index in [9.17, 15) is 14.4 Å². The zero-order valence-electron chi connectivity index (χ0n) is 20.0. The highest BCUT2D eigenvalue weighted by Gasteiger charge is 2.48. The van der Waals surface area contributed by atoms with E-state index in [0.29, 0.717) is 30.3 Å². The van der Waals surface area contributed by atoms with Crippen LogP contribution in [-0.2, 0) is 19.1 Å². The Morgan fingerprint density at radius 3 is 2.00 bits per heavy atom. The summed E-state index contributed by atoms with van der Waals surface area (Å²) < 4.78 is 6.16. The number of carbonyl (C=O) groups is 3. The zero-order valence-corrected chi connectivity index (χ0v) is 20.0. The van der Waals surface area contributed by atoms with Gasteiger partial charge >= 0.3 is 17.8 Å². The van der Waals surface area contributed by atoms with Crippen LogP contribution in [0.4, 0.5) is 11.4 Å². The smallest absolute Gasteiger partial charge is 0.320 e. The number of nitrogens with zero attached hydrogens (tertiary/aromatic N) is 1. The lowest BCUT2D eigenvalue weighted by atomic mass is 9.76. The molecule has 4 atom stereocenters. The van der Waals surface area contributed by atoms with Crippen molar-refractivity contribution < 1.29 is 24.2 Å². The molecule has 0 aliphatic carbocycles. The highest BCUT2D eigenvalue weighted by molar-refractivity contribution is 6.42. The predicted molar refractivity (Wildman–Crippen MR) is 133 cm³/mol. The van der Waals surface area contributed by atoms with Gasteiger partial charge in [0.2, 0.25) is 0 Å². The summed E-state index contributed by atoms with van der Waals surface area (Å²) in [6.45, 7) is 0.423. The molecule has 2 aromatic rings. The first-order chi connectivity index (χ1) is 17.0. The Morgan fingerprint density at radius 2 is 1.40 bits per heavy atom. The van der Waals surface area contributed by atoms with Crippen molar-refractivity contribution in [3.63, 3.8) is 0 Å². The van der Waals surface area contributed by atoms with Crippen molar-refractivity contribution in [2.45, 2.75) is 63.6 Å². The number of fused-ring (bicyclic) bond motifs is 2. The van der Waals surface area contributed by atoms with Crippen LogP contribution in [0.3, 0.4) is 0 Å². The topological polar surface area (TPSA) is 95.9 Å². The van der Waals surface area contributed by atoms with E-state index >= 15 is 0 Å². The Balaban J connectivity index is 1.34. The number of para-hydroxylation sites is 2. The highest BCUT2D eigenvalue weighted by Crippen LogP contribution is 2.45. The van der Waals surface area contributed by atoms with Crippen LogP contribution in [0.1, 0.15) is 51.4 Å². The Labute approximate surface area is 206 Å². The third-order valence-corrected chi connectivity index (χ3v) is 7.19. The van der Waals surface area contributed by atoms with Crippen LogP contribution in [0.25, 0.3) is 0 Å². The maximum atomic E-state index is 13.3. The monoisotopic (exact) mass is 478 g/mol. The van der Waals surface area contributed by atoms with Crippen LogP contribution < -0.4 is 10.2 Å². The van der Waals surface area contributed by atoms with E-state index in [4.69, 9.17) is 9.84 Å². The molecule has 186 valence electrons. The molecular formula is C28H34N2O5. The molecule has 2 heterocycles. The Morgan fingerprint density at radius 1 is 0.829 bits per heavy atom. The Bertz CT molecular complexity index is 957. The van der Waals surface area contributed by atoms with Crippen molar-refractivity contribution in [2.24, 2.45) is 11.8 Å². The zero-order chi connectivity index (χ0) is 24.6. The van der Waals surface area contributed by atoms with Gasteiger partial charge in [-0.1, -0.05) is 55.7 Å². The second-order valence-electron chi connectivity index (χ2n) is 9.49. The van der Waals surface area contributed by atoms with E-state index in [2.05, 4.69) is 5.32 Å². The summed E-state index contributed by atoms with van der Waals surface area (Å²) in [7, 11) is 0. The number of amides is 2. The van der Waals surface area contributed by atoms with E-state index in [1.54, 1.807) is 0 Å². The molecule has 7 nitrogen and oxygen atoms in total. The lowest BCUT2D eigenvalue weighted by Crippen LogP contribution is -2.45. The van der Waals surface area contributed by atoms with Gasteiger partial charge in [0.25, 0.3) is 0 Å². The van der Waals surface area contributed by atoms with E-state index < -0.39 is 17.8 Å². The van der Waals surface area contributed by atoms with Crippen LogP contribution in [0.2, 0.25) is 0 Å². The fraction of sp³-hybridized carbons (Fsp3) is 0.464. The molecule has 2 aliphatic rings. The van der Waals surface area contributed by atoms with Crippen LogP contribution in [-0.4, -0.2) is 41.6 Å². The third-order valence-electron chi connectivity index (χ3n) is 7.19. The molecule has 0 aromatic heterocycles. The van der Waals surface area contributed by atoms with Crippen molar-refractivity contribution in [1.82, 2.24) is 5.32 Å². The number of benzene rings is 2. The summed E-state index contributed by atoms with van der Waals surface area (Å²) in [5, 5.41) is 11.7. The van der Waals surface area contributed by atoms with Gasteiger partial charge in [0.05, 0.1) is 12.2 Å². The summed E-state index contributed by atoms with van der Waals surface area (Å²) in [5.74, 6) is -1.40. The van der Waals surface area contributed by atoms with Crippen LogP contribution >= 0.6 is 0 Å². The number of nitrogens with one attached hydrogen (secondary N) is 1. The minimum Gasteiger partial charge on any atom is -0.481 e. The molecule has 2 saturated heterocycles. The molecule has 0 unspecified atom stereocenters. The molecule has 2 amide bonds. The van der Waals surface area contributed by atoms with E-state index in [0.717, 1.165) is 38.5 Å². The minimum absolute atomic E-state index is 0.131. The molecule has 2 aromatic carbocycles. The van der Waals surface area contributed by atoms with Gasteiger partial charge in [0.1, 0.15) is 0 Å². The second-order valence-corrected chi connectivity index (χ2v) is 9.49. The number of anilines is 2. The Hall–Kier alpha value is -3.19. The number of unbranched alkanes of at least 4 members (excludes halogenated alkanes) is 3. The molecule has 2 fully saturated rings. The summed E-state index contributed by atoms with van der Waals surface area (Å²) in [4.78, 5) is 38.4. The molecule has 0 radical (unpaired) electrons. The molecule has 0 spiro atoms. The van der Waals surface area contributed by atoms with Gasteiger partial charge in [-0.15, -0.1) is 0 Å². The van der Waals surface area contributed by atoms with Gasteiger partial charge in [-0.25, -0.2) is 0 Å². The van der Waals surface area contributed by atoms with Gasteiger partial charge < -0.3 is 15.2 Å². The molecule has 7 heteroatoms. The van der Waals surface area contributed by atoms with Gasteiger partial charge in [-0.3, -0.25) is 19.3 Å². The average molecular weight is 479 g/mol. The molecule has 2 aliphatic heterocycles. The quantitative estimate of drug-likeness (QED) is 0.361. The average Bonchev–Trinajstić information content (AvgIpc) is 3.48. The summed E-state index contributed by atoms with van der Waals surface area (Å²) in [6.07, 6.45) is 7.28. The lowest BCUT2D eigenvalue weighted by Gasteiger charge is -2.28. The first kappa shape index (κ1) is 24.9. The number of carbonyl (C=O) groups excluding carboxylic acids is 2. The van der Waals surface area contributed by atoms with Crippen molar-refractivity contribution >= 4 is 29.2 Å². The maximum absolute atomic E-state index is 13.3. The largest absolute Gasteiger partial charge is 0.481 e. The third kappa shape index (κ3) is 6.28. The fourth-order valence-corrected chi connectivity index (χ4v) is 5.49. The highest BCUT2D eigenvalue weighted by atomic mass is 16.5.